The van der Waals surface area contributed by atoms with Crippen LogP contribution in [0.4, 0.5) is 11.4 Å². The van der Waals surface area contributed by atoms with Crippen molar-refractivity contribution < 1.29 is 4.79 Å². The number of hydrogen-bond acceptors (Lipinski definition) is 3. The van der Waals surface area contributed by atoms with E-state index in [2.05, 4.69) is 41.6 Å². The summed E-state index contributed by atoms with van der Waals surface area (Å²) in [5.74, 6) is 0.416. The van der Waals surface area contributed by atoms with Crippen LogP contribution < -0.4 is 10.6 Å². The van der Waals surface area contributed by atoms with Gasteiger partial charge < -0.3 is 10.6 Å². The fourth-order valence-corrected chi connectivity index (χ4v) is 2.73. The Balaban J connectivity index is 1.70. The van der Waals surface area contributed by atoms with Crippen LogP contribution in [0.25, 0.3) is 10.9 Å². The van der Waals surface area contributed by atoms with Crippen LogP contribution in [0.1, 0.15) is 32.3 Å². The van der Waals surface area contributed by atoms with Crippen LogP contribution in [0.15, 0.2) is 60.8 Å². The van der Waals surface area contributed by atoms with E-state index in [1.807, 2.05) is 49.4 Å². The van der Waals surface area contributed by atoms with E-state index in [9.17, 15) is 4.79 Å². The lowest BCUT2D eigenvalue weighted by Gasteiger charge is -2.17. The molecule has 0 saturated carbocycles. The predicted octanol–water partition coefficient (Wildman–Crippen LogP) is 4.80. The highest BCUT2D eigenvalue weighted by Gasteiger charge is 2.14. The number of hydrogen-bond donors (Lipinski definition) is 2. The van der Waals surface area contributed by atoms with Crippen LogP contribution in [0, 0.1) is 0 Å². The number of nitrogens with zero attached hydrogens (tertiary/aromatic N) is 1. The molecule has 1 heterocycles. The monoisotopic (exact) mass is 333 g/mol. The van der Waals surface area contributed by atoms with Crippen molar-refractivity contribution in [3.63, 3.8) is 0 Å². The molecule has 25 heavy (non-hydrogen) atoms. The number of benzene rings is 2. The van der Waals surface area contributed by atoms with Crippen LogP contribution in [0.3, 0.4) is 0 Å². The number of nitrogens with one attached hydrogen (secondary N) is 2. The molecule has 2 aromatic carbocycles. The van der Waals surface area contributed by atoms with Crippen molar-refractivity contribution in [2.24, 2.45) is 0 Å². The second kappa shape index (κ2) is 7.34. The molecule has 0 radical (unpaired) electrons. The molecule has 1 atom stereocenters. The molecule has 0 aliphatic carbocycles. The van der Waals surface area contributed by atoms with Gasteiger partial charge in [-0.25, -0.2) is 0 Å². The maximum absolute atomic E-state index is 12.5. The van der Waals surface area contributed by atoms with Gasteiger partial charge in [-0.2, -0.15) is 0 Å². The molecule has 0 fully saturated rings. The number of pyridine rings is 1. The average molecular weight is 333 g/mol. The van der Waals surface area contributed by atoms with Gasteiger partial charge in [0.25, 0.3) is 0 Å². The van der Waals surface area contributed by atoms with E-state index in [1.54, 1.807) is 6.20 Å². The van der Waals surface area contributed by atoms with Crippen molar-refractivity contribution in [1.82, 2.24) is 4.98 Å². The van der Waals surface area contributed by atoms with E-state index in [1.165, 1.54) is 5.56 Å². The van der Waals surface area contributed by atoms with Gasteiger partial charge in [0.1, 0.15) is 6.04 Å². The Hall–Kier alpha value is -2.88. The molecule has 1 amide bonds. The molecule has 3 rings (SSSR count). The molecule has 0 aliphatic heterocycles. The Morgan fingerprint density at radius 2 is 1.72 bits per heavy atom. The van der Waals surface area contributed by atoms with Crippen LogP contribution in [0.2, 0.25) is 0 Å². The summed E-state index contributed by atoms with van der Waals surface area (Å²) >= 11 is 0. The summed E-state index contributed by atoms with van der Waals surface area (Å²) in [5, 5.41) is 7.18. The zero-order valence-electron chi connectivity index (χ0n) is 14.8. The minimum atomic E-state index is -0.350. The number of fused-ring (bicyclic) bond motifs is 1. The van der Waals surface area contributed by atoms with E-state index in [0.29, 0.717) is 5.92 Å². The van der Waals surface area contributed by atoms with Crippen molar-refractivity contribution in [3.05, 3.63) is 66.4 Å². The fourth-order valence-electron chi connectivity index (χ4n) is 2.73. The van der Waals surface area contributed by atoms with Gasteiger partial charge in [0.2, 0.25) is 5.91 Å². The van der Waals surface area contributed by atoms with Gasteiger partial charge in [0.05, 0.1) is 11.2 Å². The lowest BCUT2D eigenvalue weighted by Crippen LogP contribution is -2.31. The number of aromatic nitrogens is 1. The SMILES string of the molecule is CC(Nc1ccc(C(C)C)cc1)C(=O)Nc1cccc2ncccc12. The molecule has 4 nitrogen and oxygen atoms in total. The molecular formula is C21H23N3O. The molecule has 2 N–H and O–H groups in total. The third-order valence-electron chi connectivity index (χ3n) is 4.26. The first-order chi connectivity index (χ1) is 12.0. The summed E-state index contributed by atoms with van der Waals surface area (Å²) in [6, 6.07) is 17.4. The summed E-state index contributed by atoms with van der Waals surface area (Å²) in [5.41, 5.74) is 3.86. The van der Waals surface area contributed by atoms with E-state index >= 15 is 0 Å². The zero-order chi connectivity index (χ0) is 17.8. The molecule has 3 aromatic rings. The Kier molecular flexibility index (Phi) is 4.98. The molecule has 0 aliphatic rings. The van der Waals surface area contributed by atoms with Gasteiger partial charge in [0.15, 0.2) is 0 Å². The summed E-state index contributed by atoms with van der Waals surface area (Å²) in [4.78, 5) is 16.9. The highest BCUT2D eigenvalue weighted by molar-refractivity contribution is 6.03. The first-order valence-corrected chi connectivity index (χ1v) is 8.55. The van der Waals surface area contributed by atoms with Crippen LogP contribution in [-0.2, 0) is 4.79 Å². The number of carbonyl (C=O) groups is 1. The Labute approximate surface area is 148 Å². The molecule has 1 aromatic heterocycles. The lowest BCUT2D eigenvalue weighted by molar-refractivity contribution is -0.116. The standard InChI is InChI=1S/C21H23N3O/c1-14(2)16-9-11-17(12-10-16)23-15(3)21(25)24-20-8-4-7-19-18(20)6-5-13-22-19/h4-15,23H,1-3H3,(H,24,25). The normalized spacial score (nSPS) is 12.2. The van der Waals surface area contributed by atoms with Crippen molar-refractivity contribution in [3.8, 4) is 0 Å². The molecular weight excluding hydrogens is 310 g/mol. The van der Waals surface area contributed by atoms with Crippen molar-refractivity contribution in [2.75, 3.05) is 10.6 Å². The number of carbonyl (C=O) groups excluding carboxylic acids is 1. The smallest absolute Gasteiger partial charge is 0.246 e. The van der Waals surface area contributed by atoms with Gasteiger partial charge in [-0.05, 0) is 54.8 Å². The Morgan fingerprint density at radius 1 is 0.960 bits per heavy atom. The minimum Gasteiger partial charge on any atom is -0.374 e. The number of anilines is 2. The number of rotatable bonds is 5. The first kappa shape index (κ1) is 17.0. The van der Waals surface area contributed by atoms with Crippen molar-refractivity contribution >= 4 is 28.2 Å². The Bertz CT molecular complexity index is 866. The third kappa shape index (κ3) is 3.97. The summed E-state index contributed by atoms with van der Waals surface area (Å²) < 4.78 is 0. The zero-order valence-corrected chi connectivity index (χ0v) is 14.8. The highest BCUT2D eigenvalue weighted by atomic mass is 16.2. The fraction of sp³-hybridized carbons (Fsp3) is 0.238. The summed E-state index contributed by atoms with van der Waals surface area (Å²) in [6.45, 7) is 6.18. The quantitative estimate of drug-likeness (QED) is 0.705. The molecule has 4 heteroatoms. The summed E-state index contributed by atoms with van der Waals surface area (Å²) in [7, 11) is 0. The van der Waals surface area contributed by atoms with Gasteiger partial charge >= 0.3 is 0 Å². The van der Waals surface area contributed by atoms with E-state index in [4.69, 9.17) is 0 Å². The summed E-state index contributed by atoms with van der Waals surface area (Å²) in [6.07, 6.45) is 1.75. The van der Waals surface area contributed by atoms with Gasteiger partial charge in [-0.15, -0.1) is 0 Å². The molecule has 0 bridgehead atoms. The maximum atomic E-state index is 12.5. The van der Waals surface area contributed by atoms with Crippen LogP contribution in [0.5, 0.6) is 0 Å². The van der Waals surface area contributed by atoms with E-state index in [-0.39, 0.29) is 11.9 Å². The Morgan fingerprint density at radius 3 is 2.44 bits per heavy atom. The second-order valence-electron chi connectivity index (χ2n) is 6.51. The average Bonchev–Trinajstić information content (AvgIpc) is 2.62. The molecule has 0 saturated heterocycles. The van der Waals surface area contributed by atoms with E-state index < -0.39 is 0 Å². The van der Waals surface area contributed by atoms with Crippen molar-refractivity contribution in [2.45, 2.75) is 32.7 Å². The van der Waals surface area contributed by atoms with Gasteiger partial charge in [0, 0.05) is 17.3 Å². The van der Waals surface area contributed by atoms with Gasteiger partial charge in [-0.1, -0.05) is 32.0 Å². The van der Waals surface area contributed by atoms with Crippen LogP contribution >= 0.6 is 0 Å². The number of amides is 1. The predicted molar refractivity (Wildman–Crippen MR) is 104 cm³/mol. The topological polar surface area (TPSA) is 54.0 Å². The first-order valence-electron chi connectivity index (χ1n) is 8.55. The second-order valence-corrected chi connectivity index (χ2v) is 6.51. The lowest BCUT2D eigenvalue weighted by atomic mass is 10.0. The highest BCUT2D eigenvalue weighted by Crippen LogP contribution is 2.22. The largest absolute Gasteiger partial charge is 0.374 e. The van der Waals surface area contributed by atoms with Gasteiger partial charge in [-0.3, -0.25) is 9.78 Å². The maximum Gasteiger partial charge on any atom is 0.246 e. The van der Waals surface area contributed by atoms with Crippen LogP contribution in [-0.4, -0.2) is 16.9 Å². The van der Waals surface area contributed by atoms with E-state index in [0.717, 1.165) is 22.3 Å². The molecule has 128 valence electrons. The molecule has 1 unspecified atom stereocenters. The third-order valence-corrected chi connectivity index (χ3v) is 4.26. The minimum absolute atomic E-state index is 0.0794. The molecule has 0 spiro atoms. The van der Waals surface area contributed by atoms with Crippen molar-refractivity contribution in [1.29, 1.82) is 0 Å².